The Bertz CT molecular complexity index is 1630. The van der Waals surface area contributed by atoms with Gasteiger partial charge in [-0.3, -0.25) is 0 Å². The minimum atomic E-state index is -3.02. The molecular weight excluding hydrogens is 675 g/mol. The zero-order valence-corrected chi connectivity index (χ0v) is 30.1. The van der Waals surface area contributed by atoms with E-state index in [1.54, 1.807) is 11.1 Å². The van der Waals surface area contributed by atoms with Crippen molar-refractivity contribution in [2.45, 2.75) is 62.9 Å². The van der Waals surface area contributed by atoms with Crippen molar-refractivity contribution in [1.82, 2.24) is 0 Å². The molecule has 0 saturated carbocycles. The molecule has 2 aliphatic carbocycles. The molecule has 3 aliphatic rings. The van der Waals surface area contributed by atoms with Crippen LogP contribution in [-0.2, 0) is 20.0 Å². The van der Waals surface area contributed by atoms with E-state index in [0.717, 1.165) is 0 Å². The molecule has 1 heterocycles. The molecule has 0 radical (unpaired) electrons. The summed E-state index contributed by atoms with van der Waals surface area (Å²) in [5, 5.41) is 3.75. The molecule has 2 heteroatoms. The molecule has 1 aliphatic heterocycles. The topological polar surface area (TPSA) is 0 Å². The number of benzene rings is 4. The van der Waals surface area contributed by atoms with Crippen molar-refractivity contribution in [1.29, 1.82) is 0 Å². The van der Waals surface area contributed by atoms with Crippen LogP contribution in [0.1, 0.15) is 60.5 Å². The molecule has 0 bridgehead atoms. The van der Waals surface area contributed by atoms with Crippen LogP contribution in [0.5, 0.6) is 0 Å². The second-order valence-electron chi connectivity index (χ2n) is 13.7. The molecule has 0 N–H and O–H groups in total. The molecule has 0 spiro atoms. The van der Waals surface area contributed by atoms with Crippen molar-refractivity contribution >= 4 is 20.2 Å². The Morgan fingerprint density at radius 2 is 1.12 bits per heavy atom. The quantitative estimate of drug-likeness (QED) is 0.180. The molecule has 2 atom stereocenters. The predicted octanol–water partition coefficient (Wildman–Crippen LogP) is 11.4. The number of allylic oxidation sites excluding steroid dienone is 2. The van der Waals surface area contributed by atoms with Gasteiger partial charge in [-0.15, -0.1) is 0 Å². The fourth-order valence-corrected chi connectivity index (χ4v) is 41.2. The number of hydrogen-bond acceptors (Lipinski definition) is 0. The third-order valence-electron chi connectivity index (χ3n) is 10.6. The first-order valence-corrected chi connectivity index (χ1v) is 29.6. The molecule has 1 saturated heterocycles. The van der Waals surface area contributed by atoms with Gasteiger partial charge in [0.05, 0.1) is 0 Å². The van der Waals surface area contributed by atoms with E-state index in [1.807, 2.05) is 10.4 Å². The fourth-order valence-electron chi connectivity index (χ4n) is 8.64. The Kier molecular flexibility index (Phi) is 6.67. The second kappa shape index (κ2) is 10.0. The van der Waals surface area contributed by atoms with E-state index in [1.165, 1.54) is 63.4 Å². The Balaban J connectivity index is 1.46. The van der Waals surface area contributed by atoms with Crippen LogP contribution in [-0.4, -0.2) is 8.07 Å². The summed E-state index contributed by atoms with van der Waals surface area (Å²) in [7, 11) is -1.89. The normalized spacial score (nSPS) is 23.3. The summed E-state index contributed by atoms with van der Waals surface area (Å²) in [6.45, 7) is 9.56. The van der Waals surface area contributed by atoms with Gasteiger partial charge < -0.3 is 0 Å². The zero-order chi connectivity index (χ0) is 28.5. The third-order valence-corrected chi connectivity index (χ3v) is 32.6. The van der Waals surface area contributed by atoms with Gasteiger partial charge in [0.1, 0.15) is 0 Å². The molecule has 1 fully saturated rings. The predicted molar refractivity (Wildman–Crippen MR) is 178 cm³/mol. The van der Waals surface area contributed by atoms with E-state index in [-0.39, 0.29) is 0 Å². The first-order chi connectivity index (χ1) is 19.7. The maximum absolute atomic E-state index is 3.02. The maximum atomic E-state index is 2.79. The Morgan fingerprint density at radius 1 is 0.659 bits per heavy atom. The van der Waals surface area contributed by atoms with Crippen LogP contribution >= 0.6 is 0 Å². The van der Waals surface area contributed by atoms with Gasteiger partial charge in [0, 0.05) is 0 Å². The fraction of sp³-hybridized carbons (Fsp3) is 0.282. The number of hydrogen-bond donors (Lipinski definition) is 0. The van der Waals surface area contributed by atoms with E-state index in [4.69, 9.17) is 0 Å². The summed E-state index contributed by atoms with van der Waals surface area (Å²) >= 11 is -3.02. The van der Waals surface area contributed by atoms with Crippen molar-refractivity contribution in [2.24, 2.45) is 0 Å². The standard InChI is InChI=1S/C37H36Si.2CH3.Hf/c1-5-6-19-38(4,32-22-30-15-9-17-34(36(30)24-32)28-13-7-11-26(2)20-28)33-23-31-16-10-18-35(37(31)25-33)29-14-8-12-27(3)21-29;;;/h7-18,20-25H,5-6,19H2,1-4H3;2*1H3;. The van der Waals surface area contributed by atoms with Crippen molar-refractivity contribution < 1.29 is 20.0 Å². The number of unbranched alkanes of at least 4 members (excludes halogenated alkanes) is 1. The van der Waals surface area contributed by atoms with Gasteiger partial charge in [0.2, 0.25) is 0 Å². The summed E-state index contributed by atoms with van der Waals surface area (Å²) < 4.78 is 6.96. The first-order valence-electron chi connectivity index (χ1n) is 15.6. The molecule has 0 nitrogen and oxygen atoms in total. The van der Waals surface area contributed by atoms with Gasteiger partial charge >= 0.3 is 254 Å². The molecule has 2 unspecified atom stereocenters. The molecule has 206 valence electrons. The number of fused-ring (bicyclic) bond motifs is 6. The number of rotatable bonds is 5. The summed E-state index contributed by atoms with van der Waals surface area (Å²) in [4.78, 5) is 0. The summed E-state index contributed by atoms with van der Waals surface area (Å²) in [6.07, 6.45) is 8.08. The Hall–Kier alpha value is -2.55. The van der Waals surface area contributed by atoms with Gasteiger partial charge in [-0.1, -0.05) is 0 Å². The second-order valence-corrected chi connectivity index (χ2v) is 35.2. The zero-order valence-electron chi connectivity index (χ0n) is 25.5. The van der Waals surface area contributed by atoms with E-state index >= 15 is 0 Å². The molecule has 4 aromatic carbocycles. The van der Waals surface area contributed by atoms with E-state index < -0.39 is 28.0 Å². The molecule has 4 aromatic rings. The Labute approximate surface area is 252 Å². The summed E-state index contributed by atoms with van der Waals surface area (Å²) in [5.41, 5.74) is 14.7. The first kappa shape index (κ1) is 27.3. The minimum absolute atomic E-state index is 0.687. The number of aryl methyl sites for hydroxylation is 2. The third kappa shape index (κ3) is 4.15. The molecule has 7 rings (SSSR count). The molecule has 0 amide bonds. The van der Waals surface area contributed by atoms with Gasteiger partial charge in [0.25, 0.3) is 0 Å². The van der Waals surface area contributed by atoms with Gasteiger partial charge in [0.15, 0.2) is 0 Å². The van der Waals surface area contributed by atoms with Crippen molar-refractivity contribution in [3.63, 3.8) is 0 Å². The average Bonchev–Trinajstić information content (AvgIpc) is 3.57. The van der Waals surface area contributed by atoms with Crippen LogP contribution in [0.25, 0.3) is 34.4 Å². The van der Waals surface area contributed by atoms with E-state index in [9.17, 15) is 0 Å². The molecule has 41 heavy (non-hydrogen) atoms. The van der Waals surface area contributed by atoms with Crippen LogP contribution in [0.15, 0.2) is 95.3 Å². The van der Waals surface area contributed by atoms with Crippen molar-refractivity contribution in [3.8, 4) is 22.3 Å². The van der Waals surface area contributed by atoms with Crippen LogP contribution in [0.4, 0.5) is 0 Å². The van der Waals surface area contributed by atoms with Gasteiger partial charge in [-0.05, 0) is 0 Å². The van der Waals surface area contributed by atoms with Crippen LogP contribution in [0.2, 0.25) is 22.0 Å². The van der Waals surface area contributed by atoms with Gasteiger partial charge in [-0.2, -0.15) is 0 Å². The summed E-state index contributed by atoms with van der Waals surface area (Å²) in [6, 6.07) is 34.1. The van der Waals surface area contributed by atoms with E-state index in [0.29, 0.717) is 7.35 Å². The Morgan fingerprint density at radius 3 is 1.56 bits per heavy atom. The average molecular weight is 717 g/mol. The van der Waals surface area contributed by atoms with Crippen LogP contribution < -0.4 is 0 Å². The SMILES string of the molecule is CCCC[Si]1(C)C2=Cc3c(-c4cccc(C)c4)cccc3[CH]2[Hf]([CH3])([CH3])[CH]2C1=Cc1c(-c3cccc(C)c3)cccc12. The van der Waals surface area contributed by atoms with Crippen LogP contribution in [0, 0.1) is 13.8 Å². The van der Waals surface area contributed by atoms with Crippen LogP contribution in [0.3, 0.4) is 0 Å². The molecular formula is C39H42HfSi. The van der Waals surface area contributed by atoms with Crippen molar-refractivity contribution in [3.05, 3.63) is 129 Å². The van der Waals surface area contributed by atoms with Crippen molar-refractivity contribution in [2.75, 3.05) is 0 Å². The van der Waals surface area contributed by atoms with Gasteiger partial charge in [-0.25, -0.2) is 0 Å². The van der Waals surface area contributed by atoms with E-state index in [2.05, 4.69) is 134 Å². The molecule has 0 aromatic heterocycles. The monoisotopic (exact) mass is 718 g/mol. The summed E-state index contributed by atoms with van der Waals surface area (Å²) in [5.74, 6) is 0.